The number of hydrazine groups is 1. The molecule has 0 bridgehead atoms. The van der Waals surface area contributed by atoms with E-state index in [0.29, 0.717) is 17.5 Å². The maximum Gasteiger partial charge on any atom is 0.255 e. The van der Waals surface area contributed by atoms with Crippen molar-refractivity contribution < 1.29 is 13.6 Å². The highest BCUT2D eigenvalue weighted by Gasteiger charge is 2.10. The van der Waals surface area contributed by atoms with Crippen molar-refractivity contribution in [1.29, 1.82) is 0 Å². The number of nitrogen functional groups attached to an aromatic ring is 1. The van der Waals surface area contributed by atoms with Gasteiger partial charge in [0.1, 0.15) is 11.6 Å². The highest BCUT2D eigenvalue weighted by Crippen LogP contribution is 2.10. The standard InChI is InChI=1S/C14H14F2N4O/c15-10-6-9(7-11(16)8-10)3-5-19-14(21)12-2-1-4-18-13(12)20-17/h1-2,4,6-8H,3,5,17H2,(H,18,20)(H,19,21). The molecule has 2 rings (SSSR count). The summed E-state index contributed by atoms with van der Waals surface area (Å²) in [6.07, 6.45) is 1.81. The number of nitrogens with one attached hydrogen (secondary N) is 2. The van der Waals surface area contributed by atoms with Crippen LogP contribution in [0.3, 0.4) is 0 Å². The first-order valence-electron chi connectivity index (χ1n) is 6.25. The first-order valence-corrected chi connectivity index (χ1v) is 6.25. The van der Waals surface area contributed by atoms with Gasteiger partial charge in [-0.1, -0.05) is 0 Å². The second kappa shape index (κ2) is 6.76. The Morgan fingerprint density at radius 3 is 2.62 bits per heavy atom. The number of carbonyl (C=O) groups is 1. The van der Waals surface area contributed by atoms with E-state index in [-0.39, 0.29) is 18.3 Å². The minimum atomic E-state index is -0.641. The summed E-state index contributed by atoms with van der Waals surface area (Å²) < 4.78 is 26.0. The van der Waals surface area contributed by atoms with Gasteiger partial charge < -0.3 is 10.7 Å². The molecule has 7 heteroatoms. The zero-order chi connectivity index (χ0) is 15.2. The van der Waals surface area contributed by atoms with E-state index in [1.807, 2.05) is 0 Å². The Kier molecular flexibility index (Phi) is 4.78. The third kappa shape index (κ3) is 3.96. The summed E-state index contributed by atoms with van der Waals surface area (Å²) in [4.78, 5) is 15.9. The fourth-order valence-corrected chi connectivity index (χ4v) is 1.87. The predicted molar refractivity (Wildman–Crippen MR) is 74.4 cm³/mol. The van der Waals surface area contributed by atoms with Crippen molar-refractivity contribution in [2.24, 2.45) is 5.84 Å². The van der Waals surface area contributed by atoms with Crippen molar-refractivity contribution in [2.45, 2.75) is 6.42 Å². The molecule has 2 aromatic rings. The number of hydrogen-bond acceptors (Lipinski definition) is 4. The number of halogens is 2. The number of anilines is 1. The highest BCUT2D eigenvalue weighted by atomic mass is 19.1. The van der Waals surface area contributed by atoms with Crippen molar-refractivity contribution >= 4 is 11.7 Å². The second-order valence-electron chi connectivity index (χ2n) is 4.33. The van der Waals surface area contributed by atoms with Crippen molar-refractivity contribution in [3.05, 3.63) is 59.3 Å². The third-order valence-electron chi connectivity index (χ3n) is 2.81. The van der Waals surface area contributed by atoms with Gasteiger partial charge in [0.15, 0.2) is 5.82 Å². The molecule has 0 spiro atoms. The maximum absolute atomic E-state index is 13.0. The third-order valence-corrected chi connectivity index (χ3v) is 2.81. The molecule has 1 amide bonds. The summed E-state index contributed by atoms with van der Waals surface area (Å²) in [6.45, 7) is 0.237. The fraction of sp³-hybridized carbons (Fsp3) is 0.143. The Balaban J connectivity index is 1.95. The van der Waals surface area contributed by atoms with Crippen LogP contribution in [0, 0.1) is 11.6 Å². The van der Waals surface area contributed by atoms with Gasteiger partial charge in [0, 0.05) is 18.8 Å². The first kappa shape index (κ1) is 14.9. The molecule has 4 N–H and O–H groups in total. The largest absolute Gasteiger partial charge is 0.352 e. The maximum atomic E-state index is 13.0. The van der Waals surface area contributed by atoms with Gasteiger partial charge in [0.05, 0.1) is 5.56 Å². The van der Waals surface area contributed by atoms with Gasteiger partial charge in [0.25, 0.3) is 5.91 Å². The topological polar surface area (TPSA) is 80.0 Å². The summed E-state index contributed by atoms with van der Waals surface area (Å²) in [5.74, 6) is 3.87. The van der Waals surface area contributed by atoms with Crippen LogP contribution >= 0.6 is 0 Å². The molecule has 0 aliphatic carbocycles. The normalized spacial score (nSPS) is 10.2. The zero-order valence-electron chi connectivity index (χ0n) is 11.1. The molecule has 21 heavy (non-hydrogen) atoms. The van der Waals surface area contributed by atoms with Crippen LogP contribution in [0.2, 0.25) is 0 Å². The van der Waals surface area contributed by atoms with Crippen LogP contribution in [0.5, 0.6) is 0 Å². The lowest BCUT2D eigenvalue weighted by molar-refractivity contribution is 0.0954. The molecule has 0 fully saturated rings. The van der Waals surface area contributed by atoms with Crippen molar-refractivity contribution in [3.63, 3.8) is 0 Å². The van der Waals surface area contributed by atoms with Crippen LogP contribution in [0.1, 0.15) is 15.9 Å². The van der Waals surface area contributed by atoms with Gasteiger partial charge >= 0.3 is 0 Å². The van der Waals surface area contributed by atoms with Crippen LogP contribution in [0.25, 0.3) is 0 Å². The molecule has 0 aliphatic rings. The van der Waals surface area contributed by atoms with Crippen LogP contribution in [-0.4, -0.2) is 17.4 Å². The summed E-state index contributed by atoms with van der Waals surface area (Å²) in [5.41, 5.74) is 3.09. The summed E-state index contributed by atoms with van der Waals surface area (Å²) >= 11 is 0. The van der Waals surface area contributed by atoms with E-state index in [1.54, 1.807) is 12.1 Å². The van der Waals surface area contributed by atoms with Gasteiger partial charge in [-0.25, -0.2) is 19.6 Å². The molecule has 0 radical (unpaired) electrons. The lowest BCUT2D eigenvalue weighted by Crippen LogP contribution is -2.27. The predicted octanol–water partition coefficient (Wildman–Crippen LogP) is 1.62. The van der Waals surface area contributed by atoms with Crippen LogP contribution < -0.4 is 16.6 Å². The SMILES string of the molecule is NNc1ncccc1C(=O)NCCc1cc(F)cc(F)c1. The molecular weight excluding hydrogens is 278 g/mol. The first-order chi connectivity index (χ1) is 10.1. The average Bonchev–Trinajstić information content (AvgIpc) is 2.46. The van der Waals surface area contributed by atoms with Crippen molar-refractivity contribution in [2.75, 3.05) is 12.0 Å². The minimum absolute atomic E-state index is 0.237. The number of rotatable bonds is 5. The van der Waals surface area contributed by atoms with Gasteiger partial charge in [-0.2, -0.15) is 0 Å². The number of hydrogen-bond donors (Lipinski definition) is 3. The van der Waals surface area contributed by atoms with Crippen molar-refractivity contribution in [1.82, 2.24) is 10.3 Å². The van der Waals surface area contributed by atoms with Gasteiger partial charge in [-0.3, -0.25) is 4.79 Å². The minimum Gasteiger partial charge on any atom is -0.352 e. The molecule has 0 atom stereocenters. The number of nitrogens with zero attached hydrogens (tertiary/aromatic N) is 1. The summed E-state index contributed by atoms with van der Waals surface area (Å²) in [7, 11) is 0. The summed E-state index contributed by atoms with van der Waals surface area (Å²) in [6, 6.07) is 6.44. The molecule has 1 heterocycles. The molecular formula is C14H14F2N4O. The Morgan fingerprint density at radius 2 is 1.95 bits per heavy atom. The number of benzene rings is 1. The van der Waals surface area contributed by atoms with Gasteiger partial charge in [-0.05, 0) is 36.2 Å². The van der Waals surface area contributed by atoms with E-state index >= 15 is 0 Å². The monoisotopic (exact) mass is 292 g/mol. The number of pyridine rings is 1. The molecule has 1 aromatic heterocycles. The number of aromatic nitrogens is 1. The fourth-order valence-electron chi connectivity index (χ4n) is 1.87. The van der Waals surface area contributed by atoms with Gasteiger partial charge in [0.2, 0.25) is 0 Å². The van der Waals surface area contributed by atoms with Crippen molar-refractivity contribution in [3.8, 4) is 0 Å². The quantitative estimate of drug-likeness (QED) is 0.578. The molecule has 110 valence electrons. The Bertz CT molecular complexity index is 628. The van der Waals surface area contributed by atoms with E-state index in [2.05, 4.69) is 15.7 Å². The number of carbonyl (C=O) groups excluding carboxylic acids is 1. The molecule has 0 saturated heterocycles. The lowest BCUT2D eigenvalue weighted by Gasteiger charge is -2.08. The number of nitrogens with two attached hydrogens (primary N) is 1. The van der Waals surface area contributed by atoms with E-state index in [4.69, 9.17) is 5.84 Å². The molecule has 1 aromatic carbocycles. The van der Waals surface area contributed by atoms with Crippen LogP contribution in [0.15, 0.2) is 36.5 Å². The van der Waals surface area contributed by atoms with Crippen LogP contribution in [-0.2, 0) is 6.42 Å². The molecule has 0 saturated carbocycles. The Morgan fingerprint density at radius 1 is 1.24 bits per heavy atom. The zero-order valence-corrected chi connectivity index (χ0v) is 11.1. The average molecular weight is 292 g/mol. The van der Waals surface area contributed by atoms with E-state index in [1.165, 1.54) is 18.3 Å². The smallest absolute Gasteiger partial charge is 0.255 e. The Labute approximate surface area is 120 Å². The van der Waals surface area contributed by atoms with Gasteiger partial charge in [-0.15, -0.1) is 0 Å². The second-order valence-corrected chi connectivity index (χ2v) is 4.33. The lowest BCUT2D eigenvalue weighted by atomic mass is 10.1. The van der Waals surface area contributed by atoms with E-state index < -0.39 is 11.6 Å². The number of amides is 1. The summed E-state index contributed by atoms with van der Waals surface area (Å²) in [5, 5.41) is 2.64. The highest BCUT2D eigenvalue weighted by molar-refractivity contribution is 5.98. The van der Waals surface area contributed by atoms with E-state index in [9.17, 15) is 13.6 Å². The molecule has 0 aliphatic heterocycles. The Hall–Kier alpha value is -2.54. The molecule has 5 nitrogen and oxygen atoms in total. The molecule has 0 unspecified atom stereocenters. The van der Waals surface area contributed by atoms with Crippen LogP contribution in [0.4, 0.5) is 14.6 Å². The van der Waals surface area contributed by atoms with E-state index in [0.717, 1.165) is 6.07 Å².